The van der Waals surface area contributed by atoms with Gasteiger partial charge in [0.25, 0.3) is 0 Å². The summed E-state index contributed by atoms with van der Waals surface area (Å²) < 4.78 is 10.7. The summed E-state index contributed by atoms with van der Waals surface area (Å²) in [6, 6.07) is 12.6. The van der Waals surface area contributed by atoms with E-state index in [-0.39, 0.29) is 5.91 Å². The van der Waals surface area contributed by atoms with Crippen LogP contribution in [0, 0.1) is 0 Å². The third-order valence-corrected chi connectivity index (χ3v) is 3.38. The van der Waals surface area contributed by atoms with Crippen LogP contribution >= 0.6 is 11.6 Å². The van der Waals surface area contributed by atoms with Crippen LogP contribution in [0.15, 0.2) is 48.5 Å². The minimum absolute atomic E-state index is 0.258. The summed E-state index contributed by atoms with van der Waals surface area (Å²) in [4.78, 5) is 11.9. The van der Waals surface area contributed by atoms with Crippen molar-refractivity contribution in [2.45, 2.75) is 6.92 Å². The van der Waals surface area contributed by atoms with Crippen molar-refractivity contribution in [1.82, 2.24) is 0 Å². The van der Waals surface area contributed by atoms with Gasteiger partial charge in [-0.25, -0.2) is 0 Å². The van der Waals surface area contributed by atoms with Crippen LogP contribution in [0.25, 0.3) is 6.08 Å². The molecule has 2 aromatic carbocycles. The summed E-state index contributed by atoms with van der Waals surface area (Å²) in [5, 5.41) is 3.22. The molecule has 0 heterocycles. The lowest BCUT2D eigenvalue weighted by molar-refractivity contribution is -0.111. The van der Waals surface area contributed by atoms with Gasteiger partial charge in [-0.15, -0.1) is 0 Å². The largest absolute Gasteiger partial charge is 0.493 e. The molecule has 0 spiro atoms. The maximum absolute atomic E-state index is 11.9. The summed E-state index contributed by atoms with van der Waals surface area (Å²) in [5.41, 5.74) is 1.41. The van der Waals surface area contributed by atoms with Gasteiger partial charge < -0.3 is 14.8 Å². The highest BCUT2D eigenvalue weighted by atomic mass is 35.5. The van der Waals surface area contributed by atoms with Crippen molar-refractivity contribution in [1.29, 1.82) is 0 Å². The summed E-state index contributed by atoms with van der Waals surface area (Å²) in [7, 11) is 1.58. The summed E-state index contributed by atoms with van der Waals surface area (Å²) in [5.74, 6) is 1.04. The quantitative estimate of drug-likeness (QED) is 0.798. The molecule has 0 bridgehead atoms. The Morgan fingerprint density at radius 1 is 1.22 bits per heavy atom. The number of rotatable bonds is 6. The van der Waals surface area contributed by atoms with E-state index in [9.17, 15) is 4.79 Å². The Balaban J connectivity index is 2.07. The lowest BCUT2D eigenvalue weighted by Crippen LogP contribution is -2.07. The highest BCUT2D eigenvalue weighted by Crippen LogP contribution is 2.28. The van der Waals surface area contributed by atoms with Crippen molar-refractivity contribution in [2.24, 2.45) is 0 Å². The Morgan fingerprint density at radius 2 is 2.00 bits per heavy atom. The zero-order chi connectivity index (χ0) is 16.7. The van der Waals surface area contributed by atoms with Crippen LogP contribution in [-0.2, 0) is 4.79 Å². The first-order chi connectivity index (χ1) is 11.1. The molecule has 1 amide bonds. The zero-order valence-electron chi connectivity index (χ0n) is 13.0. The summed E-state index contributed by atoms with van der Waals surface area (Å²) in [6.45, 7) is 2.47. The van der Waals surface area contributed by atoms with Crippen molar-refractivity contribution in [2.75, 3.05) is 19.0 Å². The smallest absolute Gasteiger partial charge is 0.248 e. The lowest BCUT2D eigenvalue weighted by Gasteiger charge is -2.09. The van der Waals surface area contributed by atoms with Gasteiger partial charge in [0.05, 0.1) is 24.4 Å². The molecule has 120 valence electrons. The molecule has 0 aromatic heterocycles. The number of nitrogens with one attached hydrogen (secondary N) is 1. The van der Waals surface area contributed by atoms with Crippen LogP contribution in [0.2, 0.25) is 5.02 Å². The number of hydrogen-bond acceptors (Lipinski definition) is 3. The van der Waals surface area contributed by atoms with Crippen LogP contribution in [0.1, 0.15) is 12.5 Å². The lowest BCUT2D eigenvalue weighted by atomic mass is 10.2. The maximum atomic E-state index is 11.9. The molecular formula is C18H18ClNO3. The Labute approximate surface area is 140 Å². The monoisotopic (exact) mass is 331 g/mol. The third kappa shape index (κ3) is 4.76. The maximum Gasteiger partial charge on any atom is 0.248 e. The molecule has 0 aliphatic heterocycles. The number of anilines is 1. The van der Waals surface area contributed by atoms with Crippen molar-refractivity contribution in [3.63, 3.8) is 0 Å². The van der Waals surface area contributed by atoms with E-state index in [1.807, 2.05) is 31.2 Å². The Morgan fingerprint density at radius 3 is 2.70 bits per heavy atom. The Kier molecular flexibility index (Phi) is 6.06. The molecular weight excluding hydrogens is 314 g/mol. The molecule has 4 nitrogen and oxygen atoms in total. The van der Waals surface area contributed by atoms with E-state index < -0.39 is 0 Å². The van der Waals surface area contributed by atoms with Gasteiger partial charge >= 0.3 is 0 Å². The van der Waals surface area contributed by atoms with Crippen molar-refractivity contribution in [3.05, 3.63) is 59.1 Å². The first-order valence-electron chi connectivity index (χ1n) is 7.18. The standard InChI is InChI=1S/C18H18ClNO3/c1-3-23-16-10-8-13(12-17(16)22-2)9-11-18(21)20-15-7-5-4-6-14(15)19/h4-12H,3H2,1-2H3,(H,20,21). The van der Waals surface area contributed by atoms with Crippen LogP contribution in [-0.4, -0.2) is 19.6 Å². The first kappa shape index (κ1) is 16.9. The van der Waals surface area contributed by atoms with Gasteiger partial charge in [0.2, 0.25) is 5.91 Å². The van der Waals surface area contributed by atoms with E-state index in [1.165, 1.54) is 6.08 Å². The normalized spacial score (nSPS) is 10.6. The van der Waals surface area contributed by atoms with E-state index >= 15 is 0 Å². The van der Waals surface area contributed by atoms with Gasteiger partial charge in [-0.1, -0.05) is 29.8 Å². The van der Waals surface area contributed by atoms with E-state index in [4.69, 9.17) is 21.1 Å². The average Bonchev–Trinajstić information content (AvgIpc) is 2.56. The SMILES string of the molecule is CCOc1ccc(C=CC(=O)Nc2ccccc2Cl)cc1OC. The zero-order valence-corrected chi connectivity index (χ0v) is 13.8. The molecule has 2 rings (SSSR count). The van der Waals surface area contributed by atoms with E-state index in [0.29, 0.717) is 28.8 Å². The molecule has 0 aliphatic carbocycles. The number of carbonyl (C=O) groups excluding carboxylic acids is 1. The van der Waals surface area contributed by atoms with Gasteiger partial charge in [0, 0.05) is 6.08 Å². The van der Waals surface area contributed by atoms with E-state index in [2.05, 4.69) is 5.32 Å². The molecule has 23 heavy (non-hydrogen) atoms. The van der Waals surface area contributed by atoms with Crippen molar-refractivity contribution >= 4 is 29.3 Å². The van der Waals surface area contributed by atoms with Gasteiger partial charge in [0.15, 0.2) is 11.5 Å². The average molecular weight is 332 g/mol. The fraction of sp³-hybridized carbons (Fsp3) is 0.167. The van der Waals surface area contributed by atoms with Gasteiger partial charge in [-0.3, -0.25) is 4.79 Å². The molecule has 0 aliphatic rings. The number of halogens is 1. The molecule has 0 radical (unpaired) electrons. The molecule has 0 saturated heterocycles. The number of benzene rings is 2. The predicted molar refractivity (Wildman–Crippen MR) is 93.3 cm³/mol. The van der Waals surface area contributed by atoms with Crippen LogP contribution in [0.4, 0.5) is 5.69 Å². The molecule has 5 heteroatoms. The molecule has 0 fully saturated rings. The summed E-state index contributed by atoms with van der Waals surface area (Å²) >= 11 is 6.00. The first-order valence-corrected chi connectivity index (χ1v) is 7.56. The second kappa shape index (κ2) is 8.25. The van der Waals surface area contributed by atoms with Crippen LogP contribution < -0.4 is 14.8 Å². The van der Waals surface area contributed by atoms with Gasteiger partial charge in [0.1, 0.15) is 0 Å². The van der Waals surface area contributed by atoms with Crippen molar-refractivity contribution in [3.8, 4) is 11.5 Å². The number of ether oxygens (including phenoxy) is 2. The van der Waals surface area contributed by atoms with Crippen LogP contribution in [0.3, 0.4) is 0 Å². The molecule has 0 atom stereocenters. The molecule has 0 saturated carbocycles. The number of hydrogen-bond donors (Lipinski definition) is 1. The third-order valence-electron chi connectivity index (χ3n) is 3.05. The van der Waals surface area contributed by atoms with E-state index in [0.717, 1.165) is 5.56 Å². The summed E-state index contributed by atoms with van der Waals surface area (Å²) in [6.07, 6.45) is 3.14. The van der Waals surface area contributed by atoms with E-state index in [1.54, 1.807) is 31.4 Å². The number of para-hydroxylation sites is 1. The Bertz CT molecular complexity index is 713. The second-order valence-corrected chi connectivity index (χ2v) is 5.05. The fourth-order valence-electron chi connectivity index (χ4n) is 1.97. The predicted octanol–water partition coefficient (Wildman–Crippen LogP) is 4.40. The fourth-order valence-corrected chi connectivity index (χ4v) is 2.15. The second-order valence-electron chi connectivity index (χ2n) is 4.65. The van der Waals surface area contributed by atoms with Gasteiger partial charge in [-0.05, 0) is 42.8 Å². The minimum atomic E-state index is -0.258. The number of methoxy groups -OCH3 is 1. The Hall–Kier alpha value is -2.46. The van der Waals surface area contributed by atoms with Crippen molar-refractivity contribution < 1.29 is 14.3 Å². The highest BCUT2D eigenvalue weighted by molar-refractivity contribution is 6.33. The minimum Gasteiger partial charge on any atom is -0.493 e. The molecule has 2 aromatic rings. The van der Waals surface area contributed by atoms with Crippen LogP contribution in [0.5, 0.6) is 11.5 Å². The highest BCUT2D eigenvalue weighted by Gasteiger charge is 2.05. The topological polar surface area (TPSA) is 47.6 Å². The van der Waals surface area contributed by atoms with Gasteiger partial charge in [-0.2, -0.15) is 0 Å². The molecule has 0 unspecified atom stereocenters. The number of carbonyl (C=O) groups is 1. The number of amides is 1. The molecule has 1 N–H and O–H groups in total.